The van der Waals surface area contributed by atoms with Gasteiger partial charge in [-0.2, -0.15) is 8.42 Å². The van der Waals surface area contributed by atoms with Gasteiger partial charge in [-0.15, -0.1) is 0 Å². The van der Waals surface area contributed by atoms with Crippen LogP contribution in [0.2, 0.25) is 0 Å². The van der Waals surface area contributed by atoms with Crippen molar-refractivity contribution in [2.75, 3.05) is 25.4 Å². The number of carbonyl (C=O) groups is 1. The van der Waals surface area contributed by atoms with Crippen molar-refractivity contribution in [3.63, 3.8) is 0 Å². The number of amides is 1. The number of rotatable bonds is 19. The summed E-state index contributed by atoms with van der Waals surface area (Å²) in [5.41, 5.74) is 0. The number of hydrogen-bond acceptors (Lipinski definition) is 4. The minimum absolute atomic E-state index is 0.0727. The third-order valence-corrected chi connectivity index (χ3v) is 5.53. The van der Waals surface area contributed by atoms with Crippen LogP contribution in [0.3, 0.4) is 0 Å². The van der Waals surface area contributed by atoms with E-state index in [-0.39, 0.29) is 25.6 Å². The van der Waals surface area contributed by atoms with E-state index in [0.717, 1.165) is 19.3 Å². The van der Waals surface area contributed by atoms with Gasteiger partial charge >= 0.3 is 0 Å². The van der Waals surface area contributed by atoms with E-state index >= 15 is 0 Å². The van der Waals surface area contributed by atoms with Crippen molar-refractivity contribution in [1.82, 2.24) is 4.90 Å². The Hall–Kier alpha value is -0.660. The lowest BCUT2D eigenvalue weighted by molar-refractivity contribution is -0.131. The van der Waals surface area contributed by atoms with Crippen molar-refractivity contribution in [3.8, 4) is 0 Å². The molecule has 2 N–H and O–H groups in total. The first kappa shape index (κ1) is 26.3. The molecule has 0 aromatic rings. The quantitative estimate of drug-likeness (QED) is 0.247. The lowest BCUT2D eigenvalue weighted by Crippen LogP contribution is -2.37. The van der Waals surface area contributed by atoms with Crippen molar-refractivity contribution in [2.45, 2.75) is 96.8 Å². The molecule has 0 spiro atoms. The molecule has 0 saturated carbocycles. The molecule has 0 aromatic heterocycles. The number of aliphatic hydroxyl groups excluding tert-OH is 1. The summed E-state index contributed by atoms with van der Waals surface area (Å²) in [5, 5.41) is 8.99. The summed E-state index contributed by atoms with van der Waals surface area (Å²) in [4.78, 5) is 13.4. The summed E-state index contributed by atoms with van der Waals surface area (Å²) in [6.07, 6.45) is 16.5. The van der Waals surface area contributed by atoms with E-state index in [1.54, 1.807) is 0 Å². The zero-order valence-electron chi connectivity index (χ0n) is 17.2. The largest absolute Gasteiger partial charge is 0.395 e. The van der Waals surface area contributed by atoms with E-state index in [1.165, 1.54) is 69.1 Å². The zero-order chi connectivity index (χ0) is 20.4. The van der Waals surface area contributed by atoms with Gasteiger partial charge in [-0.1, -0.05) is 84.0 Å². The molecule has 0 fully saturated rings. The summed E-state index contributed by atoms with van der Waals surface area (Å²) in [6, 6.07) is 0. The molecular weight excluding hydrogens is 366 g/mol. The molecule has 27 heavy (non-hydrogen) atoms. The lowest BCUT2D eigenvalue weighted by atomic mass is 10.0. The first-order valence-electron chi connectivity index (χ1n) is 10.7. The van der Waals surface area contributed by atoms with Gasteiger partial charge in [0.05, 0.1) is 12.4 Å². The number of unbranched alkanes of at least 4 members (excludes halogenated alkanes) is 12. The summed E-state index contributed by atoms with van der Waals surface area (Å²) in [7, 11) is -4.10. The molecule has 0 rings (SSSR count). The van der Waals surface area contributed by atoms with Crippen molar-refractivity contribution >= 4 is 16.0 Å². The summed E-state index contributed by atoms with van der Waals surface area (Å²) < 4.78 is 30.4. The van der Waals surface area contributed by atoms with E-state index in [4.69, 9.17) is 9.66 Å². The van der Waals surface area contributed by atoms with Crippen LogP contribution in [0, 0.1) is 0 Å². The van der Waals surface area contributed by atoms with Gasteiger partial charge in [-0.25, -0.2) is 0 Å². The fourth-order valence-electron chi connectivity index (χ4n) is 3.16. The zero-order valence-corrected chi connectivity index (χ0v) is 18.0. The monoisotopic (exact) mass is 407 g/mol. The maximum atomic E-state index is 12.1. The molecule has 0 atom stereocenters. The number of aliphatic hydroxyl groups is 1. The summed E-state index contributed by atoms with van der Waals surface area (Å²) >= 11 is 0. The van der Waals surface area contributed by atoms with Gasteiger partial charge in [-0.05, 0) is 6.42 Å². The van der Waals surface area contributed by atoms with Crippen molar-refractivity contribution in [3.05, 3.63) is 0 Å². The highest BCUT2D eigenvalue weighted by Gasteiger charge is 2.15. The molecule has 0 aliphatic carbocycles. The number of nitrogens with zero attached hydrogens (tertiary/aromatic N) is 1. The maximum Gasteiger partial charge on any atom is 0.266 e. The Morgan fingerprint density at radius 1 is 0.778 bits per heavy atom. The molecule has 0 aliphatic heterocycles. The second-order valence-electron chi connectivity index (χ2n) is 7.38. The van der Waals surface area contributed by atoms with Crippen LogP contribution in [0.4, 0.5) is 0 Å². The Morgan fingerprint density at radius 2 is 1.22 bits per heavy atom. The van der Waals surface area contributed by atoms with Crippen LogP contribution in [-0.2, 0) is 14.9 Å². The Kier molecular flexibility index (Phi) is 17.0. The topological polar surface area (TPSA) is 94.9 Å². The molecule has 0 saturated heterocycles. The average molecular weight is 408 g/mol. The predicted octanol–water partition coefficient (Wildman–Crippen LogP) is 4.18. The van der Waals surface area contributed by atoms with Crippen LogP contribution < -0.4 is 0 Å². The van der Waals surface area contributed by atoms with Gasteiger partial charge < -0.3 is 10.0 Å². The Labute approximate surface area is 166 Å². The van der Waals surface area contributed by atoms with E-state index < -0.39 is 15.9 Å². The maximum absolute atomic E-state index is 12.1. The Bertz CT molecular complexity index is 453. The fourth-order valence-corrected chi connectivity index (χ4v) is 3.61. The third kappa shape index (κ3) is 18.5. The van der Waals surface area contributed by atoms with E-state index in [9.17, 15) is 13.2 Å². The first-order chi connectivity index (χ1) is 12.9. The first-order valence-corrected chi connectivity index (χ1v) is 12.4. The molecule has 1 amide bonds. The molecule has 0 unspecified atom stereocenters. The molecule has 0 aromatic carbocycles. The smallest absolute Gasteiger partial charge is 0.266 e. The highest BCUT2D eigenvalue weighted by molar-refractivity contribution is 7.85. The van der Waals surface area contributed by atoms with Crippen LogP contribution in [0.25, 0.3) is 0 Å². The molecule has 7 heteroatoms. The fraction of sp³-hybridized carbons (Fsp3) is 0.950. The van der Waals surface area contributed by atoms with Crippen LogP contribution >= 0.6 is 0 Å². The van der Waals surface area contributed by atoms with Crippen molar-refractivity contribution < 1.29 is 22.9 Å². The van der Waals surface area contributed by atoms with Gasteiger partial charge in [-0.3, -0.25) is 9.35 Å². The second-order valence-corrected chi connectivity index (χ2v) is 8.96. The molecular formula is C20H41NO5S. The van der Waals surface area contributed by atoms with Gasteiger partial charge in [0, 0.05) is 19.5 Å². The number of hydrogen-bond donors (Lipinski definition) is 2. The van der Waals surface area contributed by atoms with Gasteiger partial charge in [0.25, 0.3) is 10.1 Å². The minimum Gasteiger partial charge on any atom is -0.395 e. The predicted molar refractivity (Wildman–Crippen MR) is 110 cm³/mol. The Balaban J connectivity index is 3.59. The second kappa shape index (κ2) is 17.4. The average Bonchev–Trinajstić information content (AvgIpc) is 2.61. The van der Waals surface area contributed by atoms with Crippen LogP contribution in [0.1, 0.15) is 96.8 Å². The van der Waals surface area contributed by atoms with E-state index in [2.05, 4.69) is 6.92 Å². The van der Waals surface area contributed by atoms with E-state index in [0.29, 0.717) is 6.42 Å². The minimum atomic E-state index is -4.10. The molecule has 0 heterocycles. The number of carbonyl (C=O) groups excluding carboxylic acids is 1. The van der Waals surface area contributed by atoms with Gasteiger partial charge in [0.15, 0.2) is 0 Å². The molecule has 0 radical (unpaired) electrons. The van der Waals surface area contributed by atoms with Crippen molar-refractivity contribution in [1.29, 1.82) is 0 Å². The molecule has 0 aliphatic rings. The van der Waals surface area contributed by atoms with Crippen LogP contribution in [0.15, 0.2) is 0 Å². The summed E-state index contributed by atoms with van der Waals surface area (Å²) in [5.74, 6) is -0.645. The normalized spacial score (nSPS) is 11.7. The van der Waals surface area contributed by atoms with Crippen LogP contribution in [-0.4, -0.2) is 54.3 Å². The van der Waals surface area contributed by atoms with Crippen LogP contribution in [0.5, 0.6) is 0 Å². The molecule has 6 nitrogen and oxygen atoms in total. The van der Waals surface area contributed by atoms with E-state index in [1.807, 2.05) is 0 Å². The Morgan fingerprint density at radius 3 is 1.63 bits per heavy atom. The third-order valence-electron chi connectivity index (χ3n) is 4.84. The van der Waals surface area contributed by atoms with Crippen molar-refractivity contribution in [2.24, 2.45) is 0 Å². The summed E-state index contributed by atoms with van der Waals surface area (Å²) in [6.45, 7) is 2.06. The molecule has 0 bridgehead atoms. The highest BCUT2D eigenvalue weighted by Crippen LogP contribution is 2.13. The highest BCUT2D eigenvalue weighted by atomic mass is 32.2. The standard InChI is InChI=1S/C20H41NO5S/c1-2-3-4-5-6-7-8-9-10-11-12-13-14-15-20(23)21(16-18-22)17-19-27(24,25)26/h22H,2-19H2,1H3,(H,24,25,26). The van der Waals surface area contributed by atoms with Gasteiger partial charge in [0.1, 0.15) is 0 Å². The SMILES string of the molecule is CCCCCCCCCCCCCCCC(=O)N(CCO)CCS(=O)(=O)O. The lowest BCUT2D eigenvalue weighted by Gasteiger charge is -2.21. The van der Waals surface area contributed by atoms with Gasteiger partial charge in [0.2, 0.25) is 5.91 Å². The molecule has 162 valence electrons.